The summed E-state index contributed by atoms with van der Waals surface area (Å²) in [5.74, 6) is 0.156. The molecule has 1 fully saturated rings. The van der Waals surface area contributed by atoms with Crippen LogP contribution in [0, 0.1) is 0 Å². The molecule has 4 N–H and O–H groups in total. The minimum atomic E-state index is -0.484. The van der Waals surface area contributed by atoms with Crippen molar-refractivity contribution in [2.45, 2.75) is 18.6 Å². The summed E-state index contributed by atoms with van der Waals surface area (Å²) < 4.78 is 5.24. The molecule has 3 rings (SSSR count). The van der Waals surface area contributed by atoms with E-state index in [1.165, 1.54) is 0 Å². The van der Waals surface area contributed by atoms with Gasteiger partial charge in [0.1, 0.15) is 5.75 Å². The molecule has 106 valence electrons. The zero-order chi connectivity index (χ0) is 14.1. The lowest BCUT2D eigenvalue weighted by Gasteiger charge is -2.19. The maximum atomic E-state index is 12.0. The third-order valence-corrected chi connectivity index (χ3v) is 3.30. The quantitative estimate of drug-likeness (QED) is 0.593. The van der Waals surface area contributed by atoms with Crippen molar-refractivity contribution in [3.8, 4) is 5.75 Å². The third-order valence-electron chi connectivity index (χ3n) is 3.30. The Morgan fingerprint density at radius 1 is 1.45 bits per heavy atom. The molecule has 0 aliphatic carbocycles. The van der Waals surface area contributed by atoms with E-state index in [0.717, 1.165) is 0 Å². The summed E-state index contributed by atoms with van der Waals surface area (Å²) in [6.45, 7) is 0.425. The molecule has 2 atom stereocenters. The van der Waals surface area contributed by atoms with Crippen LogP contribution in [0.25, 0.3) is 0 Å². The molecule has 2 heterocycles. The number of rotatable bonds is 2. The van der Waals surface area contributed by atoms with Crippen LogP contribution < -0.4 is 20.7 Å². The molecule has 2 aliphatic heterocycles. The van der Waals surface area contributed by atoms with Crippen molar-refractivity contribution in [3.05, 3.63) is 18.2 Å². The average Bonchev–Trinajstić information content (AvgIpc) is 2.85. The van der Waals surface area contributed by atoms with Crippen molar-refractivity contribution in [1.82, 2.24) is 5.32 Å². The van der Waals surface area contributed by atoms with E-state index in [2.05, 4.69) is 16.0 Å². The zero-order valence-corrected chi connectivity index (χ0v) is 10.7. The van der Waals surface area contributed by atoms with Gasteiger partial charge in [-0.3, -0.25) is 9.59 Å². The molecule has 0 radical (unpaired) electrons. The maximum absolute atomic E-state index is 12.0. The Balaban J connectivity index is 1.70. The Labute approximate surface area is 115 Å². The summed E-state index contributed by atoms with van der Waals surface area (Å²) in [7, 11) is 0. The van der Waals surface area contributed by atoms with Crippen LogP contribution in [-0.2, 0) is 9.59 Å². The first-order chi connectivity index (χ1) is 9.61. The predicted molar refractivity (Wildman–Crippen MR) is 71.6 cm³/mol. The van der Waals surface area contributed by atoms with Gasteiger partial charge in [-0.2, -0.15) is 0 Å². The third kappa shape index (κ3) is 2.59. The van der Waals surface area contributed by atoms with Gasteiger partial charge in [0.25, 0.3) is 5.91 Å². The van der Waals surface area contributed by atoms with Crippen molar-refractivity contribution < 1.29 is 19.4 Å². The number of amides is 2. The summed E-state index contributed by atoms with van der Waals surface area (Å²) >= 11 is 0. The Kier molecular flexibility index (Phi) is 3.29. The van der Waals surface area contributed by atoms with Gasteiger partial charge in [-0.25, -0.2) is 0 Å². The van der Waals surface area contributed by atoms with Crippen LogP contribution in [0.4, 0.5) is 11.4 Å². The molecule has 1 aromatic carbocycles. The maximum Gasteiger partial charge on any atom is 0.262 e. The molecule has 1 aromatic rings. The number of anilines is 2. The molecule has 0 saturated carbocycles. The van der Waals surface area contributed by atoms with Gasteiger partial charge in [0.05, 0.1) is 17.8 Å². The highest BCUT2D eigenvalue weighted by atomic mass is 16.5. The molecular weight excluding hydrogens is 262 g/mol. The fourth-order valence-corrected chi connectivity index (χ4v) is 2.31. The van der Waals surface area contributed by atoms with Crippen molar-refractivity contribution in [3.63, 3.8) is 0 Å². The second kappa shape index (κ2) is 5.10. The fourth-order valence-electron chi connectivity index (χ4n) is 2.31. The SMILES string of the molecule is O=C1COc2ccc(NC(=O)C3CC(O)CN3)cc2N1. The van der Waals surface area contributed by atoms with Crippen molar-refractivity contribution >= 4 is 23.2 Å². The van der Waals surface area contributed by atoms with E-state index < -0.39 is 12.1 Å². The van der Waals surface area contributed by atoms with Crippen LogP contribution in [0.1, 0.15) is 6.42 Å². The first kappa shape index (κ1) is 12.9. The van der Waals surface area contributed by atoms with E-state index in [9.17, 15) is 14.7 Å². The monoisotopic (exact) mass is 277 g/mol. The number of ether oxygens (including phenoxy) is 1. The van der Waals surface area contributed by atoms with Gasteiger partial charge < -0.3 is 25.8 Å². The number of hydrogen-bond acceptors (Lipinski definition) is 5. The van der Waals surface area contributed by atoms with Crippen LogP contribution in [0.15, 0.2) is 18.2 Å². The average molecular weight is 277 g/mol. The van der Waals surface area contributed by atoms with Crippen molar-refractivity contribution in [1.29, 1.82) is 0 Å². The highest BCUT2D eigenvalue weighted by Gasteiger charge is 2.28. The molecule has 2 aliphatic rings. The molecule has 2 unspecified atom stereocenters. The number of fused-ring (bicyclic) bond motifs is 1. The lowest BCUT2D eigenvalue weighted by atomic mass is 10.2. The van der Waals surface area contributed by atoms with Gasteiger partial charge in [-0.1, -0.05) is 0 Å². The van der Waals surface area contributed by atoms with E-state index >= 15 is 0 Å². The van der Waals surface area contributed by atoms with E-state index in [1.54, 1.807) is 18.2 Å². The Morgan fingerprint density at radius 2 is 2.30 bits per heavy atom. The molecule has 7 nitrogen and oxygen atoms in total. The van der Waals surface area contributed by atoms with Gasteiger partial charge in [0, 0.05) is 12.2 Å². The van der Waals surface area contributed by atoms with Crippen LogP contribution in [0.3, 0.4) is 0 Å². The number of carbonyl (C=O) groups is 2. The standard InChI is InChI=1S/C13H15N3O4/c17-8-4-10(14-5-8)13(19)15-7-1-2-11-9(3-7)16-12(18)6-20-11/h1-3,8,10,14,17H,4-6H2,(H,15,19)(H,16,18). The predicted octanol–water partition coefficient (Wildman–Crippen LogP) is -0.321. The van der Waals surface area contributed by atoms with Gasteiger partial charge >= 0.3 is 0 Å². The van der Waals surface area contributed by atoms with E-state index in [0.29, 0.717) is 30.1 Å². The van der Waals surface area contributed by atoms with Crippen molar-refractivity contribution in [2.24, 2.45) is 0 Å². The summed E-state index contributed by atoms with van der Waals surface area (Å²) in [6, 6.07) is 4.66. The highest BCUT2D eigenvalue weighted by molar-refractivity contribution is 5.98. The van der Waals surface area contributed by atoms with Gasteiger partial charge in [-0.15, -0.1) is 0 Å². The number of aliphatic hydroxyl groups is 1. The molecule has 2 amide bonds. The topological polar surface area (TPSA) is 99.7 Å². The molecule has 0 spiro atoms. The zero-order valence-electron chi connectivity index (χ0n) is 10.7. The molecule has 20 heavy (non-hydrogen) atoms. The first-order valence-corrected chi connectivity index (χ1v) is 6.41. The second-order valence-corrected chi connectivity index (χ2v) is 4.89. The van der Waals surface area contributed by atoms with E-state index in [4.69, 9.17) is 4.74 Å². The number of hydrogen-bond donors (Lipinski definition) is 4. The summed E-state index contributed by atoms with van der Waals surface area (Å²) in [6.07, 6.45) is -0.0849. The van der Waals surface area contributed by atoms with Crippen LogP contribution in [-0.4, -0.2) is 42.2 Å². The minimum Gasteiger partial charge on any atom is -0.482 e. The Bertz CT molecular complexity index is 561. The first-order valence-electron chi connectivity index (χ1n) is 6.41. The van der Waals surface area contributed by atoms with Crippen LogP contribution in [0.2, 0.25) is 0 Å². The molecule has 7 heteroatoms. The Morgan fingerprint density at radius 3 is 3.05 bits per heavy atom. The summed E-state index contributed by atoms with van der Waals surface area (Å²) in [5, 5.41) is 17.8. The highest BCUT2D eigenvalue weighted by Crippen LogP contribution is 2.30. The number of aliphatic hydroxyl groups excluding tert-OH is 1. The molecule has 0 bridgehead atoms. The normalized spacial score (nSPS) is 24.6. The second-order valence-electron chi connectivity index (χ2n) is 4.89. The van der Waals surface area contributed by atoms with E-state index in [1.807, 2.05) is 0 Å². The largest absolute Gasteiger partial charge is 0.482 e. The molecule has 1 saturated heterocycles. The number of carbonyl (C=O) groups excluding carboxylic acids is 2. The number of β-amino-alcohol motifs (C(OH)–C–C–N with tert-alkyl or cyclic N) is 1. The smallest absolute Gasteiger partial charge is 0.262 e. The lowest BCUT2D eigenvalue weighted by molar-refractivity contribution is -0.119. The molecule has 0 aromatic heterocycles. The Hall–Kier alpha value is -2.12. The van der Waals surface area contributed by atoms with Crippen molar-refractivity contribution in [2.75, 3.05) is 23.8 Å². The fraction of sp³-hybridized carbons (Fsp3) is 0.385. The van der Waals surface area contributed by atoms with Gasteiger partial charge in [0.2, 0.25) is 5.91 Å². The van der Waals surface area contributed by atoms with E-state index in [-0.39, 0.29) is 18.4 Å². The number of benzene rings is 1. The van der Waals surface area contributed by atoms with Crippen LogP contribution in [0.5, 0.6) is 5.75 Å². The molecular formula is C13H15N3O4. The summed E-state index contributed by atoms with van der Waals surface area (Å²) in [5.41, 5.74) is 1.11. The van der Waals surface area contributed by atoms with Crippen LogP contribution >= 0.6 is 0 Å². The lowest BCUT2D eigenvalue weighted by Crippen LogP contribution is -2.35. The van der Waals surface area contributed by atoms with Gasteiger partial charge in [0.15, 0.2) is 6.61 Å². The summed E-state index contributed by atoms with van der Waals surface area (Å²) in [4.78, 5) is 23.2. The minimum absolute atomic E-state index is 0.00257. The van der Waals surface area contributed by atoms with Gasteiger partial charge in [-0.05, 0) is 24.6 Å². The number of nitrogens with one attached hydrogen (secondary N) is 3.